The maximum atomic E-state index is 12.6. The third-order valence-corrected chi connectivity index (χ3v) is 5.73. The Labute approximate surface area is 162 Å². The quantitative estimate of drug-likeness (QED) is 0.550. The van der Waals surface area contributed by atoms with E-state index in [2.05, 4.69) is 41.6 Å². The van der Waals surface area contributed by atoms with Crippen molar-refractivity contribution in [1.29, 1.82) is 0 Å². The Hall–Kier alpha value is -2.92. The van der Waals surface area contributed by atoms with Crippen molar-refractivity contribution >= 4 is 27.5 Å². The maximum absolute atomic E-state index is 12.6. The van der Waals surface area contributed by atoms with Gasteiger partial charge in [-0.3, -0.25) is 9.48 Å². The SMILES string of the molecule is Cc1ccc(Cn2nc(C)c3cc(C(=O)NCc4ccccc4)sc32)cc1. The fraction of sp³-hybridized carbons (Fsp3) is 0.182. The molecule has 0 atom stereocenters. The number of fused-ring (bicyclic) bond motifs is 1. The Morgan fingerprint density at radius 2 is 1.78 bits per heavy atom. The fourth-order valence-electron chi connectivity index (χ4n) is 3.06. The molecular formula is C22H21N3OS. The van der Waals surface area contributed by atoms with Crippen LogP contribution in [0.25, 0.3) is 10.2 Å². The third-order valence-electron chi connectivity index (χ3n) is 4.58. The molecule has 0 fully saturated rings. The Morgan fingerprint density at radius 3 is 2.52 bits per heavy atom. The van der Waals surface area contributed by atoms with E-state index >= 15 is 0 Å². The van der Waals surface area contributed by atoms with Gasteiger partial charge in [-0.25, -0.2) is 0 Å². The van der Waals surface area contributed by atoms with E-state index in [9.17, 15) is 4.79 Å². The number of carbonyl (C=O) groups is 1. The Morgan fingerprint density at radius 1 is 1.04 bits per heavy atom. The highest BCUT2D eigenvalue weighted by Gasteiger charge is 2.16. The standard InChI is InChI=1S/C22H21N3OS/c1-15-8-10-18(11-9-15)14-25-22-19(16(2)24-25)12-20(27-22)21(26)23-13-17-6-4-3-5-7-17/h3-12H,13-14H2,1-2H3,(H,23,26). The largest absolute Gasteiger partial charge is 0.347 e. The number of hydrogen-bond donors (Lipinski definition) is 1. The molecule has 2 aromatic heterocycles. The fourth-order valence-corrected chi connectivity index (χ4v) is 4.14. The number of rotatable bonds is 5. The van der Waals surface area contributed by atoms with Crippen molar-refractivity contribution in [1.82, 2.24) is 15.1 Å². The molecule has 0 aliphatic heterocycles. The minimum absolute atomic E-state index is 0.0404. The normalized spacial score (nSPS) is 11.0. The Bertz CT molecular complexity index is 1080. The first kappa shape index (κ1) is 17.5. The first-order valence-electron chi connectivity index (χ1n) is 8.95. The summed E-state index contributed by atoms with van der Waals surface area (Å²) in [6, 6.07) is 20.4. The van der Waals surface area contributed by atoms with Crippen molar-refractivity contribution in [3.8, 4) is 0 Å². The van der Waals surface area contributed by atoms with Crippen LogP contribution >= 0.6 is 11.3 Å². The first-order valence-corrected chi connectivity index (χ1v) is 9.76. The Balaban J connectivity index is 1.55. The zero-order valence-corrected chi connectivity index (χ0v) is 16.2. The van der Waals surface area contributed by atoms with Crippen molar-refractivity contribution in [2.75, 3.05) is 0 Å². The molecule has 0 aliphatic rings. The minimum atomic E-state index is -0.0404. The van der Waals surface area contributed by atoms with Crippen LogP contribution in [0.3, 0.4) is 0 Å². The van der Waals surface area contributed by atoms with E-state index in [4.69, 9.17) is 0 Å². The van der Waals surface area contributed by atoms with Crippen LogP contribution in [-0.2, 0) is 13.1 Å². The average Bonchev–Trinajstić information content (AvgIpc) is 3.24. The van der Waals surface area contributed by atoms with Gasteiger partial charge < -0.3 is 5.32 Å². The van der Waals surface area contributed by atoms with E-state index < -0.39 is 0 Å². The average molecular weight is 375 g/mol. The summed E-state index contributed by atoms with van der Waals surface area (Å²) in [6.07, 6.45) is 0. The number of amides is 1. The van der Waals surface area contributed by atoms with E-state index in [1.807, 2.05) is 48.0 Å². The summed E-state index contributed by atoms with van der Waals surface area (Å²) >= 11 is 1.50. The van der Waals surface area contributed by atoms with Gasteiger partial charge in [0, 0.05) is 11.9 Å². The molecule has 1 amide bonds. The third kappa shape index (κ3) is 3.78. The number of nitrogens with zero attached hydrogens (tertiary/aromatic N) is 2. The predicted octanol–water partition coefficient (Wildman–Crippen LogP) is 4.69. The van der Waals surface area contributed by atoms with Crippen LogP contribution in [0.15, 0.2) is 60.7 Å². The van der Waals surface area contributed by atoms with Crippen LogP contribution in [0.2, 0.25) is 0 Å². The molecule has 4 aromatic rings. The molecular weight excluding hydrogens is 354 g/mol. The number of carbonyl (C=O) groups excluding carboxylic acids is 1. The zero-order chi connectivity index (χ0) is 18.8. The summed E-state index contributed by atoms with van der Waals surface area (Å²) in [4.78, 5) is 14.3. The molecule has 4 nitrogen and oxygen atoms in total. The lowest BCUT2D eigenvalue weighted by molar-refractivity contribution is 0.0955. The lowest BCUT2D eigenvalue weighted by Gasteiger charge is -2.04. The lowest BCUT2D eigenvalue weighted by atomic mass is 10.1. The molecule has 0 saturated carbocycles. The van der Waals surface area contributed by atoms with Crippen LogP contribution in [-0.4, -0.2) is 15.7 Å². The summed E-state index contributed by atoms with van der Waals surface area (Å²) in [6.45, 7) is 5.31. The van der Waals surface area contributed by atoms with Gasteiger partial charge in [-0.1, -0.05) is 60.2 Å². The lowest BCUT2D eigenvalue weighted by Crippen LogP contribution is -2.21. The van der Waals surface area contributed by atoms with Gasteiger partial charge in [-0.05, 0) is 31.0 Å². The summed E-state index contributed by atoms with van der Waals surface area (Å²) in [5.74, 6) is -0.0404. The molecule has 0 radical (unpaired) electrons. The summed E-state index contributed by atoms with van der Waals surface area (Å²) in [7, 11) is 0. The molecule has 2 aromatic carbocycles. The molecule has 2 heterocycles. The second kappa shape index (κ2) is 7.37. The molecule has 5 heteroatoms. The molecule has 1 N–H and O–H groups in total. The van der Waals surface area contributed by atoms with Gasteiger partial charge in [0.05, 0.1) is 17.1 Å². The predicted molar refractivity (Wildman–Crippen MR) is 110 cm³/mol. The first-order chi connectivity index (χ1) is 13.1. The topological polar surface area (TPSA) is 46.9 Å². The highest BCUT2D eigenvalue weighted by molar-refractivity contribution is 7.20. The number of hydrogen-bond acceptors (Lipinski definition) is 3. The number of benzene rings is 2. The Kier molecular flexibility index (Phi) is 4.77. The van der Waals surface area contributed by atoms with Gasteiger partial charge in [0.25, 0.3) is 5.91 Å². The molecule has 0 unspecified atom stereocenters. The van der Waals surface area contributed by atoms with Gasteiger partial charge in [0.1, 0.15) is 4.83 Å². The second-order valence-electron chi connectivity index (χ2n) is 6.73. The minimum Gasteiger partial charge on any atom is -0.347 e. The van der Waals surface area contributed by atoms with Crippen molar-refractivity contribution < 1.29 is 4.79 Å². The maximum Gasteiger partial charge on any atom is 0.261 e. The highest BCUT2D eigenvalue weighted by atomic mass is 32.1. The van der Waals surface area contributed by atoms with Gasteiger partial charge in [-0.15, -0.1) is 11.3 Å². The number of aromatic nitrogens is 2. The molecule has 0 bridgehead atoms. The van der Waals surface area contributed by atoms with Crippen molar-refractivity contribution in [3.05, 3.63) is 87.9 Å². The molecule has 136 valence electrons. The monoisotopic (exact) mass is 375 g/mol. The molecule has 0 spiro atoms. The van der Waals surface area contributed by atoms with Gasteiger partial charge in [0.15, 0.2) is 0 Å². The second-order valence-corrected chi connectivity index (χ2v) is 7.76. The van der Waals surface area contributed by atoms with E-state index in [1.54, 1.807) is 0 Å². The van der Waals surface area contributed by atoms with Crippen LogP contribution in [0.5, 0.6) is 0 Å². The van der Waals surface area contributed by atoms with Crippen LogP contribution in [0.1, 0.15) is 32.1 Å². The van der Waals surface area contributed by atoms with Gasteiger partial charge in [-0.2, -0.15) is 5.10 Å². The van der Waals surface area contributed by atoms with E-state index in [1.165, 1.54) is 22.5 Å². The van der Waals surface area contributed by atoms with Gasteiger partial charge in [0.2, 0.25) is 0 Å². The van der Waals surface area contributed by atoms with Crippen molar-refractivity contribution in [3.63, 3.8) is 0 Å². The molecule has 0 aliphatic carbocycles. The van der Waals surface area contributed by atoms with Crippen molar-refractivity contribution in [2.45, 2.75) is 26.9 Å². The zero-order valence-electron chi connectivity index (χ0n) is 15.4. The van der Waals surface area contributed by atoms with Gasteiger partial charge >= 0.3 is 0 Å². The number of aryl methyl sites for hydroxylation is 2. The van der Waals surface area contributed by atoms with Crippen molar-refractivity contribution in [2.24, 2.45) is 0 Å². The van der Waals surface area contributed by atoms with E-state index in [-0.39, 0.29) is 5.91 Å². The smallest absolute Gasteiger partial charge is 0.261 e. The van der Waals surface area contributed by atoms with E-state index in [0.717, 1.165) is 26.4 Å². The molecule has 27 heavy (non-hydrogen) atoms. The number of thiophene rings is 1. The molecule has 0 saturated heterocycles. The summed E-state index contributed by atoms with van der Waals surface area (Å²) in [5, 5.41) is 8.71. The van der Waals surface area contributed by atoms with E-state index in [0.29, 0.717) is 13.1 Å². The van der Waals surface area contributed by atoms with Crippen LogP contribution in [0.4, 0.5) is 0 Å². The number of nitrogens with one attached hydrogen (secondary N) is 1. The van der Waals surface area contributed by atoms with Crippen LogP contribution < -0.4 is 5.32 Å². The highest BCUT2D eigenvalue weighted by Crippen LogP contribution is 2.29. The molecule has 4 rings (SSSR count). The summed E-state index contributed by atoms with van der Waals surface area (Å²) < 4.78 is 1.99. The summed E-state index contributed by atoms with van der Waals surface area (Å²) in [5.41, 5.74) is 4.49. The van der Waals surface area contributed by atoms with Crippen LogP contribution in [0, 0.1) is 13.8 Å².